The quantitative estimate of drug-likeness (QED) is 0.530. The van der Waals surface area contributed by atoms with E-state index >= 15 is 0 Å². The van der Waals surface area contributed by atoms with Crippen LogP contribution in [0.4, 0.5) is 0 Å². The Morgan fingerprint density at radius 3 is 2.48 bits per heavy atom. The fraction of sp³-hybridized carbons (Fsp3) is 0.455. The first-order valence-electron chi connectivity index (χ1n) is 9.49. The maximum atomic E-state index is 10.2. The Hall–Kier alpha value is -1.92. The Bertz CT molecular complexity index is 619. The highest BCUT2D eigenvalue weighted by Gasteiger charge is 2.09. The van der Waals surface area contributed by atoms with E-state index in [-0.39, 0.29) is 6.61 Å². The molecule has 2 aromatic rings. The van der Waals surface area contributed by atoms with Gasteiger partial charge >= 0.3 is 0 Å². The van der Waals surface area contributed by atoms with Gasteiger partial charge in [0, 0.05) is 33.4 Å². The highest BCUT2D eigenvalue weighted by atomic mass is 16.5. The molecule has 0 aliphatic heterocycles. The summed E-state index contributed by atoms with van der Waals surface area (Å²) in [5.74, 6) is 0.780. The molecule has 27 heavy (non-hydrogen) atoms. The fourth-order valence-corrected chi connectivity index (χ4v) is 2.84. The van der Waals surface area contributed by atoms with E-state index < -0.39 is 6.10 Å². The van der Waals surface area contributed by atoms with Crippen LogP contribution in [0.25, 0.3) is 0 Å². The molecule has 0 heterocycles. The number of benzene rings is 2. The molecule has 1 atom stereocenters. The standard InChI is InChI=1S/C22H32N2O3/c1-24(16-20-7-4-3-5-8-20)17-21(25)18-27-22-11-9-19(10-12-22)15-23-13-6-14-26-2/h3-5,7-12,21,23,25H,6,13-18H2,1-2H3/t21-/m0/s1. The molecule has 2 N–H and O–H groups in total. The first-order valence-corrected chi connectivity index (χ1v) is 9.49. The number of aliphatic hydroxyl groups excluding tert-OH is 1. The van der Waals surface area contributed by atoms with Gasteiger partial charge in [-0.3, -0.25) is 4.90 Å². The summed E-state index contributed by atoms with van der Waals surface area (Å²) < 4.78 is 10.7. The topological polar surface area (TPSA) is 54.0 Å². The van der Waals surface area contributed by atoms with Crippen LogP contribution >= 0.6 is 0 Å². The van der Waals surface area contributed by atoms with Crippen molar-refractivity contribution in [1.82, 2.24) is 10.2 Å². The monoisotopic (exact) mass is 372 g/mol. The number of likely N-dealkylation sites (N-methyl/N-ethyl adjacent to an activating group) is 1. The van der Waals surface area contributed by atoms with Gasteiger partial charge in [-0.2, -0.15) is 0 Å². The van der Waals surface area contributed by atoms with Crippen molar-refractivity contribution < 1.29 is 14.6 Å². The fourth-order valence-electron chi connectivity index (χ4n) is 2.84. The van der Waals surface area contributed by atoms with Crippen LogP contribution in [0.2, 0.25) is 0 Å². The van der Waals surface area contributed by atoms with Crippen LogP contribution in [0, 0.1) is 0 Å². The van der Waals surface area contributed by atoms with Crippen molar-refractivity contribution in [3.05, 3.63) is 65.7 Å². The minimum absolute atomic E-state index is 0.285. The predicted molar refractivity (Wildman–Crippen MR) is 109 cm³/mol. The molecule has 0 amide bonds. The molecule has 2 rings (SSSR count). The largest absolute Gasteiger partial charge is 0.491 e. The summed E-state index contributed by atoms with van der Waals surface area (Å²) in [4.78, 5) is 2.10. The van der Waals surface area contributed by atoms with Crippen LogP contribution in [0.1, 0.15) is 17.5 Å². The van der Waals surface area contributed by atoms with Gasteiger partial charge in [0.05, 0.1) is 0 Å². The molecule has 0 aliphatic rings. The van der Waals surface area contributed by atoms with Gasteiger partial charge in [-0.05, 0) is 43.3 Å². The second-order valence-electron chi connectivity index (χ2n) is 6.81. The Morgan fingerprint density at radius 2 is 1.78 bits per heavy atom. The number of hydrogen-bond donors (Lipinski definition) is 2. The molecule has 0 bridgehead atoms. The molecule has 0 spiro atoms. The van der Waals surface area contributed by atoms with E-state index in [9.17, 15) is 5.11 Å². The molecule has 0 saturated heterocycles. The lowest BCUT2D eigenvalue weighted by molar-refractivity contribution is 0.0744. The first-order chi connectivity index (χ1) is 13.2. The number of ether oxygens (including phenoxy) is 2. The lowest BCUT2D eigenvalue weighted by Gasteiger charge is -2.21. The van der Waals surface area contributed by atoms with Gasteiger partial charge in [-0.1, -0.05) is 42.5 Å². The summed E-state index contributed by atoms with van der Waals surface area (Å²) in [6.45, 7) is 4.21. The molecular weight excluding hydrogens is 340 g/mol. The van der Waals surface area contributed by atoms with Crippen LogP contribution in [0.3, 0.4) is 0 Å². The average Bonchev–Trinajstić information content (AvgIpc) is 2.68. The van der Waals surface area contributed by atoms with E-state index in [2.05, 4.69) is 22.3 Å². The minimum Gasteiger partial charge on any atom is -0.491 e. The minimum atomic E-state index is -0.527. The van der Waals surface area contributed by atoms with Gasteiger partial charge < -0.3 is 19.9 Å². The lowest BCUT2D eigenvalue weighted by Crippen LogP contribution is -2.32. The average molecular weight is 373 g/mol. The normalized spacial score (nSPS) is 12.3. The van der Waals surface area contributed by atoms with Crippen molar-refractivity contribution in [2.75, 3.05) is 40.5 Å². The summed E-state index contributed by atoms with van der Waals surface area (Å²) in [5, 5.41) is 13.6. The van der Waals surface area contributed by atoms with Crippen LogP contribution in [-0.4, -0.2) is 56.6 Å². The van der Waals surface area contributed by atoms with Crippen molar-refractivity contribution in [3.8, 4) is 5.75 Å². The van der Waals surface area contributed by atoms with Crippen molar-refractivity contribution >= 4 is 0 Å². The van der Waals surface area contributed by atoms with E-state index in [1.807, 2.05) is 49.5 Å². The van der Waals surface area contributed by atoms with Crippen molar-refractivity contribution in [2.45, 2.75) is 25.6 Å². The zero-order valence-electron chi connectivity index (χ0n) is 16.4. The van der Waals surface area contributed by atoms with Gasteiger partial charge in [0.15, 0.2) is 0 Å². The summed E-state index contributed by atoms with van der Waals surface area (Å²) in [6.07, 6.45) is 0.481. The van der Waals surface area contributed by atoms with Gasteiger partial charge in [0.25, 0.3) is 0 Å². The predicted octanol–water partition coefficient (Wildman–Crippen LogP) is 2.68. The molecule has 148 valence electrons. The van der Waals surface area contributed by atoms with E-state index in [0.717, 1.165) is 38.4 Å². The van der Waals surface area contributed by atoms with Crippen LogP contribution in [0.15, 0.2) is 54.6 Å². The van der Waals surface area contributed by atoms with Gasteiger partial charge in [-0.15, -0.1) is 0 Å². The highest BCUT2D eigenvalue weighted by molar-refractivity contribution is 5.27. The third-order valence-corrected chi connectivity index (χ3v) is 4.21. The summed E-state index contributed by atoms with van der Waals surface area (Å²) in [5.41, 5.74) is 2.45. The first kappa shape index (κ1) is 21.4. The van der Waals surface area contributed by atoms with Gasteiger partial charge in [0.2, 0.25) is 0 Å². The zero-order chi connectivity index (χ0) is 19.3. The zero-order valence-corrected chi connectivity index (χ0v) is 16.4. The van der Waals surface area contributed by atoms with Crippen molar-refractivity contribution in [3.63, 3.8) is 0 Å². The number of methoxy groups -OCH3 is 1. The highest BCUT2D eigenvalue weighted by Crippen LogP contribution is 2.13. The maximum absolute atomic E-state index is 10.2. The third-order valence-electron chi connectivity index (χ3n) is 4.21. The molecular formula is C22H32N2O3. The van der Waals surface area contributed by atoms with Crippen molar-refractivity contribution in [2.24, 2.45) is 0 Å². The molecule has 0 radical (unpaired) electrons. The Balaban J connectivity index is 1.65. The molecule has 0 aromatic heterocycles. The second-order valence-corrected chi connectivity index (χ2v) is 6.81. The van der Waals surface area contributed by atoms with E-state index in [1.54, 1.807) is 7.11 Å². The number of nitrogens with one attached hydrogen (secondary N) is 1. The third kappa shape index (κ3) is 9.02. The number of rotatable bonds is 13. The number of nitrogens with zero attached hydrogens (tertiary/aromatic N) is 1. The molecule has 5 nitrogen and oxygen atoms in total. The lowest BCUT2D eigenvalue weighted by atomic mass is 10.2. The van der Waals surface area contributed by atoms with Gasteiger partial charge in [0.1, 0.15) is 18.5 Å². The summed E-state index contributed by atoms with van der Waals surface area (Å²) >= 11 is 0. The molecule has 0 saturated carbocycles. The summed E-state index contributed by atoms with van der Waals surface area (Å²) in [6, 6.07) is 18.2. The van der Waals surface area contributed by atoms with Gasteiger partial charge in [-0.25, -0.2) is 0 Å². The molecule has 5 heteroatoms. The van der Waals surface area contributed by atoms with E-state index in [0.29, 0.717) is 6.54 Å². The Kier molecular flexibility index (Phi) is 9.87. The number of aliphatic hydroxyl groups is 1. The second kappa shape index (κ2) is 12.5. The molecule has 2 aromatic carbocycles. The van der Waals surface area contributed by atoms with Crippen LogP contribution < -0.4 is 10.1 Å². The molecule has 0 aliphatic carbocycles. The SMILES string of the molecule is COCCCNCc1ccc(OC[C@@H](O)CN(C)Cc2ccccc2)cc1. The van der Waals surface area contributed by atoms with E-state index in [4.69, 9.17) is 9.47 Å². The van der Waals surface area contributed by atoms with Crippen LogP contribution in [-0.2, 0) is 17.8 Å². The Labute approximate surface area is 162 Å². The number of hydrogen-bond acceptors (Lipinski definition) is 5. The molecule has 0 fully saturated rings. The van der Waals surface area contributed by atoms with Crippen LogP contribution in [0.5, 0.6) is 5.75 Å². The summed E-state index contributed by atoms with van der Waals surface area (Å²) in [7, 11) is 3.72. The smallest absolute Gasteiger partial charge is 0.119 e. The van der Waals surface area contributed by atoms with Crippen molar-refractivity contribution in [1.29, 1.82) is 0 Å². The maximum Gasteiger partial charge on any atom is 0.119 e. The van der Waals surface area contributed by atoms with E-state index in [1.165, 1.54) is 11.1 Å². The Morgan fingerprint density at radius 1 is 1.04 bits per heavy atom. The molecule has 0 unspecified atom stereocenters.